The van der Waals surface area contributed by atoms with Crippen LogP contribution in [0, 0.1) is 0 Å². The molecule has 0 bridgehead atoms. The average Bonchev–Trinajstić information content (AvgIpc) is 2.30. The molecule has 0 aromatic rings. The fourth-order valence-electron chi connectivity index (χ4n) is 1.89. The predicted octanol–water partition coefficient (Wildman–Crippen LogP) is 3.65. The quantitative estimate of drug-likeness (QED) is 0.532. The second-order valence-electron chi connectivity index (χ2n) is 4.85. The van der Waals surface area contributed by atoms with Crippen molar-refractivity contribution in [2.45, 2.75) is 90.3 Å². The minimum Gasteiger partial charge on any atom is -0.393 e. The summed E-state index contributed by atoms with van der Waals surface area (Å²) in [5, 5.41) is 19.0. The largest absolute Gasteiger partial charge is 0.393 e. The summed E-state index contributed by atoms with van der Waals surface area (Å²) < 4.78 is 0. The summed E-state index contributed by atoms with van der Waals surface area (Å²) in [6.07, 6.45) is 10.4. The van der Waals surface area contributed by atoms with Crippen LogP contribution >= 0.6 is 0 Å². The summed E-state index contributed by atoms with van der Waals surface area (Å²) in [5.41, 5.74) is 0. The second-order valence-corrected chi connectivity index (χ2v) is 4.85. The summed E-state index contributed by atoms with van der Waals surface area (Å²) >= 11 is 0. The lowest BCUT2D eigenvalue weighted by molar-refractivity contribution is 0.105. The highest BCUT2D eigenvalue weighted by Crippen LogP contribution is 2.12. The molecule has 2 unspecified atom stereocenters. The average molecular weight is 230 g/mol. The smallest absolute Gasteiger partial charge is 0.0541 e. The van der Waals surface area contributed by atoms with Crippen LogP contribution in [0.25, 0.3) is 0 Å². The molecular formula is C14H30O2. The van der Waals surface area contributed by atoms with E-state index in [0.29, 0.717) is 0 Å². The first-order valence-electron chi connectivity index (χ1n) is 7.06. The molecule has 0 saturated heterocycles. The van der Waals surface area contributed by atoms with Crippen LogP contribution in [0.4, 0.5) is 0 Å². The Labute approximate surface area is 101 Å². The highest BCUT2D eigenvalue weighted by Gasteiger charge is 2.07. The highest BCUT2D eigenvalue weighted by atomic mass is 16.3. The van der Waals surface area contributed by atoms with Crippen LogP contribution in [0.5, 0.6) is 0 Å². The highest BCUT2D eigenvalue weighted by molar-refractivity contribution is 4.60. The van der Waals surface area contributed by atoms with Crippen molar-refractivity contribution in [1.82, 2.24) is 0 Å². The molecule has 2 atom stereocenters. The maximum atomic E-state index is 9.69. The molecule has 98 valence electrons. The maximum Gasteiger partial charge on any atom is 0.0541 e. The van der Waals surface area contributed by atoms with Crippen LogP contribution in [0.15, 0.2) is 0 Å². The van der Waals surface area contributed by atoms with Gasteiger partial charge in [-0.15, -0.1) is 0 Å². The normalized spacial score (nSPS) is 15.0. The molecule has 2 nitrogen and oxygen atoms in total. The third kappa shape index (κ3) is 10.4. The second kappa shape index (κ2) is 11.4. The Morgan fingerprint density at radius 3 is 1.88 bits per heavy atom. The summed E-state index contributed by atoms with van der Waals surface area (Å²) in [6.45, 7) is 4.20. The Bertz CT molecular complexity index is 137. The Morgan fingerprint density at radius 1 is 0.688 bits per heavy atom. The Kier molecular flexibility index (Phi) is 11.3. The minimum atomic E-state index is -0.223. The van der Waals surface area contributed by atoms with Gasteiger partial charge in [-0.05, 0) is 25.7 Å². The van der Waals surface area contributed by atoms with E-state index in [1.807, 2.05) is 6.92 Å². The van der Waals surface area contributed by atoms with E-state index < -0.39 is 0 Å². The fourth-order valence-corrected chi connectivity index (χ4v) is 1.89. The lowest BCUT2D eigenvalue weighted by atomic mass is 10.0. The minimum absolute atomic E-state index is 0.202. The topological polar surface area (TPSA) is 40.5 Å². The van der Waals surface area contributed by atoms with Gasteiger partial charge in [-0.25, -0.2) is 0 Å². The number of hydrogen-bond donors (Lipinski definition) is 2. The third-order valence-corrected chi connectivity index (χ3v) is 3.20. The van der Waals surface area contributed by atoms with Gasteiger partial charge in [0, 0.05) is 0 Å². The summed E-state index contributed by atoms with van der Waals surface area (Å²) in [7, 11) is 0. The molecule has 0 amide bonds. The van der Waals surface area contributed by atoms with E-state index in [1.165, 1.54) is 32.1 Å². The zero-order valence-electron chi connectivity index (χ0n) is 11.1. The van der Waals surface area contributed by atoms with E-state index in [-0.39, 0.29) is 12.2 Å². The van der Waals surface area contributed by atoms with E-state index in [1.54, 1.807) is 0 Å². The number of aliphatic hydroxyl groups excluding tert-OH is 2. The van der Waals surface area contributed by atoms with Gasteiger partial charge in [0.25, 0.3) is 0 Å². The zero-order valence-corrected chi connectivity index (χ0v) is 11.1. The van der Waals surface area contributed by atoms with Crippen LogP contribution < -0.4 is 0 Å². The Morgan fingerprint density at radius 2 is 1.25 bits per heavy atom. The number of rotatable bonds is 11. The molecular weight excluding hydrogens is 200 g/mol. The van der Waals surface area contributed by atoms with E-state index in [2.05, 4.69) is 6.92 Å². The fraction of sp³-hybridized carbons (Fsp3) is 1.00. The van der Waals surface area contributed by atoms with Crippen LogP contribution in [-0.2, 0) is 0 Å². The Hall–Kier alpha value is -0.0800. The maximum absolute atomic E-state index is 9.69. The van der Waals surface area contributed by atoms with Gasteiger partial charge in [-0.2, -0.15) is 0 Å². The van der Waals surface area contributed by atoms with Crippen molar-refractivity contribution < 1.29 is 10.2 Å². The molecule has 0 aliphatic heterocycles. The van der Waals surface area contributed by atoms with Crippen LogP contribution in [0.1, 0.15) is 78.1 Å². The molecule has 0 heterocycles. The van der Waals surface area contributed by atoms with Crippen LogP contribution in [0.2, 0.25) is 0 Å². The molecule has 2 N–H and O–H groups in total. The third-order valence-electron chi connectivity index (χ3n) is 3.20. The van der Waals surface area contributed by atoms with Gasteiger partial charge >= 0.3 is 0 Å². The first-order chi connectivity index (χ1) is 7.70. The molecule has 0 aromatic heterocycles. The van der Waals surface area contributed by atoms with Crippen molar-refractivity contribution in [1.29, 1.82) is 0 Å². The van der Waals surface area contributed by atoms with E-state index in [0.717, 1.165) is 32.1 Å². The number of aliphatic hydroxyl groups is 2. The summed E-state index contributed by atoms with van der Waals surface area (Å²) in [5.74, 6) is 0. The number of unbranched alkanes of at least 4 members (excludes halogenated alkanes) is 5. The van der Waals surface area contributed by atoms with Gasteiger partial charge in [0.1, 0.15) is 0 Å². The SMILES string of the molecule is CCCCCCCCC(O)CCC(O)CC. The van der Waals surface area contributed by atoms with Crippen molar-refractivity contribution in [3.63, 3.8) is 0 Å². The van der Waals surface area contributed by atoms with Crippen molar-refractivity contribution in [2.75, 3.05) is 0 Å². The molecule has 0 fully saturated rings. The zero-order chi connectivity index (χ0) is 12.2. The molecule has 0 radical (unpaired) electrons. The lowest BCUT2D eigenvalue weighted by Gasteiger charge is -2.12. The summed E-state index contributed by atoms with van der Waals surface area (Å²) in [6, 6.07) is 0. The van der Waals surface area contributed by atoms with Crippen molar-refractivity contribution in [3.05, 3.63) is 0 Å². The first kappa shape index (κ1) is 15.9. The first-order valence-corrected chi connectivity index (χ1v) is 7.06. The summed E-state index contributed by atoms with van der Waals surface area (Å²) in [4.78, 5) is 0. The molecule has 0 aliphatic carbocycles. The molecule has 2 heteroatoms. The van der Waals surface area contributed by atoms with Crippen molar-refractivity contribution in [2.24, 2.45) is 0 Å². The van der Waals surface area contributed by atoms with E-state index in [4.69, 9.17) is 0 Å². The van der Waals surface area contributed by atoms with Gasteiger partial charge in [0.2, 0.25) is 0 Å². The molecule has 0 spiro atoms. The molecule has 0 saturated carbocycles. The lowest BCUT2D eigenvalue weighted by Crippen LogP contribution is -2.12. The molecule has 0 rings (SSSR count). The van der Waals surface area contributed by atoms with Gasteiger partial charge in [0.15, 0.2) is 0 Å². The standard InChI is InChI=1S/C14H30O2/c1-3-5-6-7-8-9-10-14(16)12-11-13(15)4-2/h13-16H,3-12H2,1-2H3. The van der Waals surface area contributed by atoms with Crippen molar-refractivity contribution >= 4 is 0 Å². The predicted molar refractivity (Wildman–Crippen MR) is 69.5 cm³/mol. The van der Waals surface area contributed by atoms with Crippen LogP contribution in [-0.4, -0.2) is 22.4 Å². The molecule has 16 heavy (non-hydrogen) atoms. The van der Waals surface area contributed by atoms with Gasteiger partial charge < -0.3 is 10.2 Å². The number of hydrogen-bond acceptors (Lipinski definition) is 2. The van der Waals surface area contributed by atoms with Crippen molar-refractivity contribution in [3.8, 4) is 0 Å². The van der Waals surface area contributed by atoms with Crippen LogP contribution in [0.3, 0.4) is 0 Å². The van der Waals surface area contributed by atoms with E-state index in [9.17, 15) is 10.2 Å². The van der Waals surface area contributed by atoms with Gasteiger partial charge in [-0.1, -0.05) is 52.4 Å². The monoisotopic (exact) mass is 230 g/mol. The van der Waals surface area contributed by atoms with E-state index >= 15 is 0 Å². The van der Waals surface area contributed by atoms with Gasteiger partial charge in [0.05, 0.1) is 12.2 Å². The molecule has 0 aromatic carbocycles. The Balaban J connectivity index is 3.20. The molecule has 0 aliphatic rings. The van der Waals surface area contributed by atoms with Gasteiger partial charge in [-0.3, -0.25) is 0 Å².